The summed E-state index contributed by atoms with van der Waals surface area (Å²) in [6, 6.07) is 6.14. The largest absolute Gasteiger partial charge is 0.494 e. The normalized spacial score (nSPS) is 12.2. The Bertz CT molecular complexity index is 1460. The Balaban J connectivity index is 1.81. The molecule has 0 spiro atoms. The Kier molecular flexibility index (Phi) is 7.05. The van der Waals surface area contributed by atoms with Crippen molar-refractivity contribution in [2.24, 2.45) is 0 Å². The fraction of sp³-hybridized carbons (Fsp3) is 0.227. The van der Waals surface area contributed by atoms with Gasteiger partial charge in [0.1, 0.15) is 28.8 Å². The van der Waals surface area contributed by atoms with Crippen molar-refractivity contribution in [2.75, 3.05) is 18.9 Å². The summed E-state index contributed by atoms with van der Waals surface area (Å²) in [5, 5.41) is 7.07. The zero-order valence-corrected chi connectivity index (χ0v) is 20.2. The molecule has 1 aromatic carbocycles. The van der Waals surface area contributed by atoms with Crippen LogP contribution in [-0.2, 0) is 16.4 Å². The fourth-order valence-electron chi connectivity index (χ4n) is 3.37. The molecule has 0 bridgehead atoms. The van der Waals surface area contributed by atoms with Crippen molar-refractivity contribution >= 4 is 16.0 Å². The topological polar surface area (TPSA) is 134 Å². The molecule has 188 valence electrons. The second-order valence-electron chi connectivity index (χ2n) is 7.56. The number of benzene rings is 1. The lowest BCUT2D eigenvalue weighted by Gasteiger charge is -2.19. The number of halogens is 2. The summed E-state index contributed by atoms with van der Waals surface area (Å²) in [7, 11) is -1.22. The highest BCUT2D eigenvalue weighted by atomic mass is 32.2. The number of sulfonamides is 1. The molecule has 4 aromatic rings. The van der Waals surface area contributed by atoms with Crippen LogP contribution in [0.5, 0.6) is 11.5 Å². The highest BCUT2D eigenvalue weighted by Gasteiger charge is 2.28. The maximum Gasteiger partial charge on any atom is 0.243 e. The SMILES string of the molecule is COc1cccc(OC)c1-n1c(NS(=O)(=O)C(C)Cc2ncc(F)cn2)nnc1-c1cncc(F)c1. The van der Waals surface area contributed by atoms with E-state index in [0.29, 0.717) is 11.5 Å². The Morgan fingerprint density at radius 1 is 1.00 bits per heavy atom. The quantitative estimate of drug-likeness (QED) is 0.356. The minimum absolute atomic E-state index is 0.0806. The molecule has 0 aliphatic heterocycles. The molecule has 0 saturated heterocycles. The molecule has 0 amide bonds. The fourth-order valence-corrected chi connectivity index (χ4v) is 4.33. The van der Waals surface area contributed by atoms with E-state index in [1.807, 2.05) is 0 Å². The van der Waals surface area contributed by atoms with Gasteiger partial charge in [-0.3, -0.25) is 14.3 Å². The molecule has 1 unspecified atom stereocenters. The molecule has 3 heterocycles. The average Bonchev–Trinajstić information content (AvgIpc) is 3.27. The van der Waals surface area contributed by atoms with Gasteiger partial charge in [0.05, 0.1) is 38.1 Å². The van der Waals surface area contributed by atoms with Crippen LogP contribution in [-0.4, -0.2) is 57.6 Å². The number of methoxy groups -OCH3 is 2. The minimum atomic E-state index is -4.09. The van der Waals surface area contributed by atoms with Gasteiger partial charge in [0.25, 0.3) is 0 Å². The van der Waals surface area contributed by atoms with Crippen LogP contribution in [0.2, 0.25) is 0 Å². The molecule has 11 nitrogen and oxygen atoms in total. The predicted octanol–water partition coefficient (Wildman–Crippen LogP) is 2.79. The van der Waals surface area contributed by atoms with Crippen LogP contribution in [0.25, 0.3) is 17.1 Å². The molecular weight excluding hydrogens is 496 g/mol. The van der Waals surface area contributed by atoms with Gasteiger partial charge in [-0.25, -0.2) is 27.2 Å². The van der Waals surface area contributed by atoms with E-state index < -0.39 is 26.9 Å². The first-order valence-corrected chi connectivity index (χ1v) is 12.0. The maximum atomic E-state index is 14.0. The van der Waals surface area contributed by atoms with Crippen molar-refractivity contribution in [3.8, 4) is 28.6 Å². The van der Waals surface area contributed by atoms with Crippen LogP contribution < -0.4 is 14.2 Å². The lowest BCUT2D eigenvalue weighted by molar-refractivity contribution is 0.391. The van der Waals surface area contributed by atoms with Crippen molar-refractivity contribution in [1.29, 1.82) is 0 Å². The number of pyridine rings is 1. The molecule has 36 heavy (non-hydrogen) atoms. The Hall–Kier alpha value is -4.20. The van der Waals surface area contributed by atoms with Gasteiger partial charge >= 0.3 is 0 Å². The summed E-state index contributed by atoms with van der Waals surface area (Å²) in [5.41, 5.74) is 0.507. The first kappa shape index (κ1) is 24.9. The van der Waals surface area contributed by atoms with Gasteiger partial charge in [0.15, 0.2) is 11.6 Å². The third-order valence-corrected chi connectivity index (χ3v) is 6.85. The van der Waals surface area contributed by atoms with E-state index >= 15 is 0 Å². The van der Waals surface area contributed by atoms with Gasteiger partial charge in [-0.15, -0.1) is 10.2 Å². The number of ether oxygens (including phenoxy) is 2. The molecule has 0 aliphatic rings. The van der Waals surface area contributed by atoms with Gasteiger partial charge in [-0.05, 0) is 25.1 Å². The maximum absolute atomic E-state index is 14.0. The van der Waals surface area contributed by atoms with Crippen molar-refractivity contribution in [3.63, 3.8) is 0 Å². The first-order chi connectivity index (χ1) is 17.2. The summed E-state index contributed by atoms with van der Waals surface area (Å²) < 4.78 is 68.2. The number of aromatic nitrogens is 6. The first-order valence-electron chi connectivity index (χ1n) is 10.5. The average molecular weight is 518 g/mol. The second-order valence-corrected chi connectivity index (χ2v) is 9.66. The summed E-state index contributed by atoms with van der Waals surface area (Å²) in [5.74, 6) is -0.606. The summed E-state index contributed by atoms with van der Waals surface area (Å²) >= 11 is 0. The van der Waals surface area contributed by atoms with E-state index in [4.69, 9.17) is 9.47 Å². The van der Waals surface area contributed by atoms with E-state index in [-0.39, 0.29) is 35.3 Å². The van der Waals surface area contributed by atoms with Gasteiger partial charge in [-0.1, -0.05) is 6.07 Å². The lowest BCUT2D eigenvalue weighted by Crippen LogP contribution is -2.29. The smallest absolute Gasteiger partial charge is 0.243 e. The van der Waals surface area contributed by atoms with Gasteiger partial charge in [-0.2, -0.15) is 0 Å². The number of hydrogen-bond acceptors (Lipinski definition) is 9. The molecular formula is C22H21F2N7O4S. The third kappa shape index (κ3) is 5.07. The molecule has 1 N–H and O–H groups in total. The van der Waals surface area contributed by atoms with Crippen LogP contribution in [0.15, 0.2) is 49.1 Å². The van der Waals surface area contributed by atoms with E-state index in [0.717, 1.165) is 18.6 Å². The number of nitrogens with one attached hydrogen (secondary N) is 1. The summed E-state index contributed by atoms with van der Waals surface area (Å²) in [6.07, 6.45) is 4.20. The number of nitrogens with zero attached hydrogens (tertiary/aromatic N) is 6. The molecule has 0 fully saturated rings. The Labute approximate surface area is 205 Å². The molecule has 14 heteroatoms. The highest BCUT2D eigenvalue weighted by Crippen LogP contribution is 2.37. The van der Waals surface area contributed by atoms with Crippen LogP contribution in [0.3, 0.4) is 0 Å². The van der Waals surface area contributed by atoms with Gasteiger partial charge in [0, 0.05) is 18.2 Å². The number of rotatable bonds is 9. The monoisotopic (exact) mass is 517 g/mol. The van der Waals surface area contributed by atoms with E-state index in [1.54, 1.807) is 18.2 Å². The van der Waals surface area contributed by atoms with Crippen molar-refractivity contribution in [3.05, 3.63) is 66.5 Å². The molecule has 3 aromatic heterocycles. The van der Waals surface area contributed by atoms with Gasteiger partial charge in [0.2, 0.25) is 16.0 Å². The third-order valence-electron chi connectivity index (χ3n) is 5.16. The van der Waals surface area contributed by atoms with E-state index in [9.17, 15) is 17.2 Å². The highest BCUT2D eigenvalue weighted by molar-refractivity contribution is 7.93. The van der Waals surface area contributed by atoms with E-state index in [1.165, 1.54) is 38.0 Å². The molecule has 0 saturated carbocycles. The number of para-hydroxylation sites is 1. The van der Waals surface area contributed by atoms with Crippen LogP contribution in [0.4, 0.5) is 14.7 Å². The number of hydrogen-bond donors (Lipinski definition) is 1. The zero-order valence-electron chi connectivity index (χ0n) is 19.4. The standard InChI is InChI=1S/C22H21F2N7O4S/c1-13(7-19-26-11-16(24)12-27-19)36(32,33)30-22-29-28-21(14-8-15(23)10-25-9-14)31(22)20-17(34-2)5-4-6-18(20)35-3/h4-6,8-13H,7H2,1-3H3,(H,29,30). The lowest BCUT2D eigenvalue weighted by atomic mass is 10.2. The molecule has 4 rings (SSSR count). The summed E-state index contributed by atoms with van der Waals surface area (Å²) in [4.78, 5) is 11.5. The van der Waals surface area contributed by atoms with Gasteiger partial charge < -0.3 is 9.47 Å². The van der Waals surface area contributed by atoms with Crippen molar-refractivity contribution < 1.29 is 26.7 Å². The van der Waals surface area contributed by atoms with E-state index in [2.05, 4.69) is 29.9 Å². The zero-order chi connectivity index (χ0) is 25.9. The van der Waals surface area contributed by atoms with Crippen LogP contribution >= 0.6 is 0 Å². The molecule has 0 aliphatic carbocycles. The Morgan fingerprint density at radius 2 is 1.67 bits per heavy atom. The minimum Gasteiger partial charge on any atom is -0.494 e. The van der Waals surface area contributed by atoms with Crippen LogP contribution in [0.1, 0.15) is 12.7 Å². The molecule has 0 radical (unpaired) electrons. The molecule has 1 atom stereocenters. The number of anilines is 1. The summed E-state index contributed by atoms with van der Waals surface area (Å²) in [6.45, 7) is 1.44. The van der Waals surface area contributed by atoms with Crippen LogP contribution in [0, 0.1) is 11.6 Å². The van der Waals surface area contributed by atoms with Crippen molar-refractivity contribution in [1.82, 2.24) is 29.7 Å². The van der Waals surface area contributed by atoms with Crippen molar-refractivity contribution in [2.45, 2.75) is 18.6 Å². The Morgan fingerprint density at radius 3 is 2.28 bits per heavy atom. The second kappa shape index (κ2) is 10.2. The predicted molar refractivity (Wildman–Crippen MR) is 125 cm³/mol.